The lowest BCUT2D eigenvalue weighted by atomic mass is 10.3. The van der Waals surface area contributed by atoms with Crippen LogP contribution in [0.2, 0.25) is 10.0 Å². The summed E-state index contributed by atoms with van der Waals surface area (Å²) in [6.45, 7) is 1.12. The van der Waals surface area contributed by atoms with Crippen molar-refractivity contribution in [3.05, 3.63) is 22.2 Å². The maximum Gasteiger partial charge on any atom is 0.416 e. The Kier molecular flexibility index (Phi) is 7.69. The third-order valence-electron chi connectivity index (χ3n) is 3.32. The maximum absolute atomic E-state index is 12.2. The number of benzene rings is 1. The van der Waals surface area contributed by atoms with E-state index in [0.29, 0.717) is 37.3 Å². The van der Waals surface area contributed by atoms with E-state index in [2.05, 4.69) is 15.1 Å². The van der Waals surface area contributed by atoms with E-state index in [1.807, 2.05) is 0 Å². The molecule has 1 aliphatic heterocycles. The number of nitrogens with zero attached hydrogens (tertiary/aromatic N) is 3. The Labute approximate surface area is 159 Å². The lowest BCUT2D eigenvalue weighted by Crippen LogP contribution is -2.36. The molecular weight excluding hydrogens is 389 g/mol. The number of carbonyl (C=O) groups excluding carboxylic acids is 1. The molecule has 1 aromatic rings. The highest BCUT2D eigenvalue weighted by Gasteiger charge is 2.26. The number of nitrogens with one attached hydrogen (secondary N) is 1. The largest absolute Gasteiger partial charge is 0.449 e. The van der Waals surface area contributed by atoms with Gasteiger partial charge in [-0.1, -0.05) is 23.2 Å². The Balaban J connectivity index is 1.92. The van der Waals surface area contributed by atoms with Gasteiger partial charge in [-0.3, -0.25) is 15.3 Å². The first-order valence-corrected chi connectivity index (χ1v) is 8.46. The number of hydrogen-bond acceptors (Lipinski definition) is 8. The van der Waals surface area contributed by atoms with Crippen LogP contribution in [0.4, 0.5) is 16.2 Å². The molecule has 5 N–H and O–H groups in total. The quantitative estimate of drug-likeness (QED) is 0.307. The number of guanidine groups is 1. The molecule has 0 saturated carbocycles. The smallest absolute Gasteiger partial charge is 0.416 e. The second-order valence-corrected chi connectivity index (χ2v) is 6.07. The lowest BCUT2D eigenvalue weighted by molar-refractivity contribution is -0.492. The van der Waals surface area contributed by atoms with Crippen LogP contribution in [0.25, 0.3) is 0 Å². The molecule has 10 nitrogen and oxygen atoms in total. The van der Waals surface area contributed by atoms with Gasteiger partial charge in [0.1, 0.15) is 5.69 Å². The predicted octanol–water partition coefficient (Wildman–Crippen LogP) is 2.40. The fourth-order valence-corrected chi connectivity index (χ4v) is 2.73. The number of carbonyl (C=O) groups is 1. The highest BCUT2D eigenvalue weighted by atomic mass is 35.5. The number of unbranched alkanes of at least 4 members (excludes halogenated alkanes) is 1. The number of amides is 1. The summed E-state index contributed by atoms with van der Waals surface area (Å²) in [7, 11) is 0. The first-order chi connectivity index (χ1) is 12.4. The van der Waals surface area contributed by atoms with Crippen molar-refractivity contribution in [3.8, 4) is 0 Å². The van der Waals surface area contributed by atoms with Crippen molar-refractivity contribution >= 4 is 46.6 Å². The fourth-order valence-electron chi connectivity index (χ4n) is 2.14. The number of aliphatic imine (C=N–C) groups is 1. The molecule has 0 unspecified atom stereocenters. The lowest BCUT2D eigenvalue weighted by Gasteiger charge is -2.16. The van der Waals surface area contributed by atoms with E-state index < -0.39 is 6.09 Å². The second-order valence-electron chi connectivity index (χ2n) is 5.25. The number of anilines is 1. The highest BCUT2D eigenvalue weighted by Crippen LogP contribution is 2.35. The Bertz CT molecular complexity index is 650. The number of nitrogen functional groups attached to an aromatic ring is 1. The summed E-state index contributed by atoms with van der Waals surface area (Å²) in [4.78, 5) is 22.2. The first-order valence-electron chi connectivity index (χ1n) is 7.70. The molecule has 1 saturated heterocycles. The van der Waals surface area contributed by atoms with Gasteiger partial charge < -0.3 is 15.8 Å². The van der Waals surface area contributed by atoms with Crippen LogP contribution in [-0.4, -0.2) is 59.1 Å². The molecule has 0 bridgehead atoms. The van der Waals surface area contributed by atoms with Gasteiger partial charge in [0.2, 0.25) is 5.96 Å². The number of nitrogens with two attached hydrogens (primary N) is 1. The van der Waals surface area contributed by atoms with Gasteiger partial charge in [-0.05, 0) is 25.0 Å². The molecule has 0 atom stereocenters. The predicted molar refractivity (Wildman–Crippen MR) is 94.6 cm³/mol. The van der Waals surface area contributed by atoms with Gasteiger partial charge >= 0.3 is 6.09 Å². The van der Waals surface area contributed by atoms with E-state index >= 15 is 0 Å². The Morgan fingerprint density at radius 1 is 1.31 bits per heavy atom. The van der Waals surface area contributed by atoms with E-state index in [1.54, 1.807) is 0 Å². The van der Waals surface area contributed by atoms with Gasteiger partial charge in [0.05, 0.1) is 28.6 Å². The first kappa shape index (κ1) is 20.5. The molecule has 0 spiro atoms. The zero-order chi connectivity index (χ0) is 19.1. The molecule has 26 heavy (non-hydrogen) atoms. The van der Waals surface area contributed by atoms with Gasteiger partial charge in [-0.2, -0.15) is 0 Å². The third kappa shape index (κ3) is 5.87. The molecule has 1 amide bonds. The normalized spacial score (nSPS) is 15.6. The summed E-state index contributed by atoms with van der Waals surface area (Å²) in [5, 5.41) is 19.9. The summed E-state index contributed by atoms with van der Waals surface area (Å²) in [5.41, 5.74) is 6.38. The Morgan fingerprint density at radius 2 is 1.96 bits per heavy atom. The average Bonchev–Trinajstić information content (AvgIpc) is 3.02. The fraction of sp³-hybridized carbons (Fsp3) is 0.429. The minimum absolute atomic E-state index is 0.0800. The standard InChI is InChI=1S/C14H19Cl2N5O5/c15-10-7-9(17)8-11(16)12(10)19-13-18-3-4-20(13)14(22)25-5-1-2-6-26-21(23)24/h7-8,23-24H,1-6,17H2,(H,18,19). The van der Waals surface area contributed by atoms with Gasteiger partial charge in [0.15, 0.2) is 0 Å². The van der Waals surface area contributed by atoms with E-state index in [0.717, 1.165) is 0 Å². The molecule has 1 aliphatic rings. The van der Waals surface area contributed by atoms with Crippen molar-refractivity contribution in [3.63, 3.8) is 0 Å². The maximum atomic E-state index is 12.2. The topological polar surface area (TPSA) is 133 Å². The number of halogens is 2. The van der Waals surface area contributed by atoms with Crippen molar-refractivity contribution < 1.29 is 24.8 Å². The molecule has 144 valence electrons. The SMILES string of the molecule is Nc1cc(Cl)c(/N=C2\NCCN2C(=O)OCCCCON(O)O)c(Cl)c1. The van der Waals surface area contributed by atoms with Crippen LogP contribution >= 0.6 is 23.2 Å². The van der Waals surface area contributed by atoms with Crippen molar-refractivity contribution in [2.75, 3.05) is 32.0 Å². The van der Waals surface area contributed by atoms with E-state index in [1.165, 1.54) is 17.0 Å². The molecule has 0 aromatic heterocycles. The summed E-state index contributed by atoms with van der Waals surface area (Å²) >= 11 is 12.2. The monoisotopic (exact) mass is 407 g/mol. The number of rotatable bonds is 7. The van der Waals surface area contributed by atoms with Crippen LogP contribution in [0.3, 0.4) is 0 Å². The second kappa shape index (κ2) is 9.76. The highest BCUT2D eigenvalue weighted by molar-refractivity contribution is 6.39. The summed E-state index contributed by atoms with van der Waals surface area (Å²) in [5.74, 6) is 0.281. The molecule has 0 aliphatic carbocycles. The van der Waals surface area contributed by atoms with Crippen molar-refractivity contribution in [1.82, 2.24) is 15.6 Å². The summed E-state index contributed by atoms with van der Waals surface area (Å²) < 4.78 is 5.17. The molecular formula is C14H19Cl2N5O5. The van der Waals surface area contributed by atoms with E-state index in [9.17, 15) is 4.79 Å². The Hall–Kier alpha value is -1.82. The summed E-state index contributed by atoms with van der Waals surface area (Å²) in [6, 6.07) is 3.04. The van der Waals surface area contributed by atoms with Crippen LogP contribution in [-0.2, 0) is 9.57 Å². The van der Waals surface area contributed by atoms with Crippen LogP contribution in [0.5, 0.6) is 0 Å². The molecule has 2 rings (SSSR count). The van der Waals surface area contributed by atoms with E-state index in [-0.39, 0.29) is 34.6 Å². The van der Waals surface area contributed by atoms with Crippen LogP contribution < -0.4 is 11.1 Å². The van der Waals surface area contributed by atoms with Crippen LogP contribution in [0.15, 0.2) is 17.1 Å². The van der Waals surface area contributed by atoms with Gasteiger partial charge in [-0.25, -0.2) is 14.7 Å². The molecule has 1 aromatic carbocycles. The number of hydrogen-bond donors (Lipinski definition) is 4. The minimum Gasteiger partial charge on any atom is -0.449 e. The average molecular weight is 408 g/mol. The van der Waals surface area contributed by atoms with Crippen LogP contribution in [0.1, 0.15) is 12.8 Å². The van der Waals surface area contributed by atoms with Crippen molar-refractivity contribution in [1.29, 1.82) is 0 Å². The summed E-state index contributed by atoms with van der Waals surface area (Å²) in [6.07, 6.45) is 0.396. The van der Waals surface area contributed by atoms with Gasteiger partial charge in [0.25, 0.3) is 0 Å². The van der Waals surface area contributed by atoms with Crippen molar-refractivity contribution in [2.24, 2.45) is 4.99 Å². The van der Waals surface area contributed by atoms with Gasteiger partial charge in [0, 0.05) is 18.8 Å². The third-order valence-corrected chi connectivity index (χ3v) is 3.90. The van der Waals surface area contributed by atoms with Crippen LogP contribution in [0, 0.1) is 0 Å². The zero-order valence-electron chi connectivity index (χ0n) is 13.7. The molecule has 1 heterocycles. The molecule has 0 radical (unpaired) electrons. The minimum atomic E-state index is -0.566. The zero-order valence-corrected chi connectivity index (χ0v) is 15.2. The van der Waals surface area contributed by atoms with Gasteiger partial charge in [-0.15, -0.1) is 0 Å². The van der Waals surface area contributed by atoms with Crippen molar-refractivity contribution in [2.45, 2.75) is 12.8 Å². The molecule has 1 fully saturated rings. The Morgan fingerprint density at radius 3 is 2.62 bits per heavy atom. The van der Waals surface area contributed by atoms with E-state index in [4.69, 9.17) is 44.1 Å². The molecule has 12 heteroatoms. The number of ether oxygens (including phenoxy) is 1.